The fourth-order valence-electron chi connectivity index (χ4n) is 4.86. The number of nitrogens with zero attached hydrogens (tertiary/aromatic N) is 2. The fourth-order valence-corrected chi connectivity index (χ4v) is 6.26. The summed E-state index contributed by atoms with van der Waals surface area (Å²) in [6.07, 6.45) is 5.76. The largest absolute Gasteiger partial charge is 0.480 e. The Labute approximate surface area is 237 Å². The molecule has 1 fully saturated rings. The Morgan fingerprint density at radius 3 is 2.42 bits per heavy atom. The Bertz CT molecular complexity index is 1130. The maximum absolute atomic E-state index is 13.2. The molecule has 0 saturated heterocycles. The van der Waals surface area contributed by atoms with E-state index >= 15 is 0 Å². The number of carboxylic acid groups (broad SMARTS) is 1. The van der Waals surface area contributed by atoms with Crippen LogP contribution in [0, 0.1) is 4.91 Å². The zero-order chi connectivity index (χ0) is 27.8. The van der Waals surface area contributed by atoms with Crippen LogP contribution >= 0.6 is 35.1 Å². The van der Waals surface area contributed by atoms with Crippen LogP contribution in [0.15, 0.2) is 47.0 Å². The zero-order valence-electron chi connectivity index (χ0n) is 21.5. The number of hydrogen-bond donors (Lipinski definition) is 2. The molecule has 0 radical (unpaired) electrons. The molecule has 0 heterocycles. The van der Waals surface area contributed by atoms with Crippen molar-refractivity contribution in [3.8, 4) is 0 Å². The molecule has 11 heteroatoms. The number of rotatable bonds is 13. The lowest BCUT2D eigenvalue weighted by Crippen LogP contribution is -2.43. The molecule has 0 spiro atoms. The normalized spacial score (nSPS) is 16.4. The van der Waals surface area contributed by atoms with E-state index in [1.807, 2.05) is 7.05 Å². The van der Waals surface area contributed by atoms with Gasteiger partial charge in [0.05, 0.1) is 27.1 Å². The van der Waals surface area contributed by atoms with Crippen molar-refractivity contribution < 1.29 is 19.4 Å². The topological polar surface area (TPSA) is 108 Å². The van der Waals surface area contributed by atoms with E-state index in [-0.39, 0.29) is 16.9 Å². The molecule has 2 aromatic carbocycles. The molecule has 1 atom stereocenters. The molecule has 0 bridgehead atoms. The number of benzene rings is 2. The molecule has 2 aromatic rings. The number of para-hydroxylation sites is 2. The lowest BCUT2D eigenvalue weighted by Gasteiger charge is -2.37. The summed E-state index contributed by atoms with van der Waals surface area (Å²) in [6, 6.07) is 11.6. The van der Waals surface area contributed by atoms with Gasteiger partial charge in [0.1, 0.15) is 0 Å². The lowest BCUT2D eigenvalue weighted by molar-refractivity contribution is -0.161. The van der Waals surface area contributed by atoms with Gasteiger partial charge in [-0.1, -0.05) is 66.7 Å². The van der Waals surface area contributed by atoms with Crippen LogP contribution in [-0.4, -0.2) is 53.4 Å². The number of nitroso groups, excluding NO2 is 1. The van der Waals surface area contributed by atoms with Gasteiger partial charge in [-0.15, -0.1) is 4.91 Å². The first-order valence-corrected chi connectivity index (χ1v) is 14.1. The monoisotopic (exact) mass is 581 g/mol. The van der Waals surface area contributed by atoms with Gasteiger partial charge >= 0.3 is 11.9 Å². The second-order valence-corrected chi connectivity index (χ2v) is 11.8. The van der Waals surface area contributed by atoms with Gasteiger partial charge in [-0.05, 0) is 51.4 Å². The molecule has 0 aliphatic heterocycles. The minimum atomic E-state index is -1.97. The van der Waals surface area contributed by atoms with E-state index in [9.17, 15) is 19.6 Å². The van der Waals surface area contributed by atoms with Crippen molar-refractivity contribution in [2.24, 2.45) is 4.58 Å². The Kier molecular flexibility index (Phi) is 10.8. The van der Waals surface area contributed by atoms with Crippen molar-refractivity contribution in [1.29, 1.82) is 0 Å². The zero-order valence-corrected chi connectivity index (χ0v) is 23.9. The molecule has 8 nitrogen and oxygen atoms in total. The third-order valence-electron chi connectivity index (χ3n) is 7.00. The van der Waals surface area contributed by atoms with Gasteiger partial charge in [0, 0.05) is 40.9 Å². The maximum Gasteiger partial charge on any atom is 0.327 e. The van der Waals surface area contributed by atoms with E-state index in [0.29, 0.717) is 40.9 Å². The molecule has 1 aliphatic rings. The predicted molar refractivity (Wildman–Crippen MR) is 153 cm³/mol. The SMILES string of the molecule is CN(CCCOC(=O)C(C)(C(=O)O)c1ccccc1Nc1c(Cl)cccc1Cl)CC1(SN=O)CCCCC1. The van der Waals surface area contributed by atoms with Gasteiger partial charge in [0.15, 0.2) is 5.41 Å². The van der Waals surface area contributed by atoms with Gasteiger partial charge in [0.2, 0.25) is 0 Å². The lowest BCUT2D eigenvalue weighted by atomic mass is 9.81. The van der Waals surface area contributed by atoms with Gasteiger partial charge in [-0.25, -0.2) is 0 Å². The Balaban J connectivity index is 1.66. The Morgan fingerprint density at radius 2 is 1.79 bits per heavy atom. The number of ether oxygens (including phenoxy) is 1. The first-order chi connectivity index (χ1) is 18.1. The van der Waals surface area contributed by atoms with Crippen molar-refractivity contribution >= 4 is 58.5 Å². The average Bonchev–Trinajstić information content (AvgIpc) is 2.89. The van der Waals surface area contributed by atoms with E-state index in [2.05, 4.69) is 14.8 Å². The van der Waals surface area contributed by atoms with Crippen LogP contribution in [0.2, 0.25) is 10.0 Å². The van der Waals surface area contributed by atoms with Crippen LogP contribution in [0.1, 0.15) is 51.0 Å². The molecule has 0 amide bonds. The standard InChI is InChI=1S/C27H33Cl2N3O5S/c1-26(24(33)34,19-10-4-5-13-22(19)30-23-20(28)11-8-12-21(23)29)25(35)37-17-9-16-32(2)18-27(38-31-36)14-6-3-7-15-27/h4-5,8,10-13,30H,3,6-7,9,14-18H2,1-2H3,(H,33,34). The van der Waals surface area contributed by atoms with Crippen LogP contribution in [0.3, 0.4) is 0 Å². The van der Waals surface area contributed by atoms with Crippen molar-refractivity contribution in [3.05, 3.63) is 63.0 Å². The summed E-state index contributed by atoms with van der Waals surface area (Å²) in [5.74, 6) is -2.20. The van der Waals surface area contributed by atoms with Gasteiger partial charge in [-0.2, -0.15) is 0 Å². The molecule has 1 unspecified atom stereocenters. The molecule has 38 heavy (non-hydrogen) atoms. The summed E-state index contributed by atoms with van der Waals surface area (Å²) < 4.78 is 8.43. The quantitative estimate of drug-likeness (QED) is 0.0850. The van der Waals surface area contributed by atoms with Crippen molar-refractivity contribution in [3.63, 3.8) is 0 Å². The van der Waals surface area contributed by atoms with Gasteiger partial charge in [0.25, 0.3) is 0 Å². The highest BCUT2D eigenvalue weighted by molar-refractivity contribution is 7.99. The van der Waals surface area contributed by atoms with Crippen molar-refractivity contribution in [1.82, 2.24) is 4.90 Å². The van der Waals surface area contributed by atoms with Crippen LogP contribution in [0.25, 0.3) is 0 Å². The molecule has 1 saturated carbocycles. The molecular formula is C27H33Cl2N3O5S. The molecule has 3 rings (SSSR count). The number of hydrogen-bond acceptors (Lipinski definition) is 8. The summed E-state index contributed by atoms with van der Waals surface area (Å²) in [5, 5.41) is 13.9. The first-order valence-electron chi connectivity index (χ1n) is 12.5. The van der Waals surface area contributed by atoms with Crippen molar-refractivity contribution in [2.45, 2.75) is 55.6 Å². The van der Waals surface area contributed by atoms with E-state index < -0.39 is 17.4 Å². The second-order valence-electron chi connectivity index (χ2n) is 9.83. The number of anilines is 2. The average molecular weight is 583 g/mol. The predicted octanol–water partition coefficient (Wildman–Crippen LogP) is 7.06. The molecule has 2 N–H and O–H groups in total. The van der Waals surface area contributed by atoms with E-state index in [1.54, 1.807) is 42.5 Å². The van der Waals surface area contributed by atoms with E-state index in [1.165, 1.54) is 13.3 Å². The molecule has 0 aromatic heterocycles. The summed E-state index contributed by atoms with van der Waals surface area (Å²) in [6.45, 7) is 2.73. The highest BCUT2D eigenvalue weighted by Crippen LogP contribution is 2.41. The molecule has 206 valence electrons. The number of carboxylic acids is 1. The number of halogens is 2. The van der Waals surface area contributed by atoms with E-state index in [0.717, 1.165) is 37.6 Å². The summed E-state index contributed by atoms with van der Waals surface area (Å²) in [4.78, 5) is 38.7. The fraction of sp³-hybridized carbons (Fsp3) is 0.481. The van der Waals surface area contributed by atoms with Gasteiger partial charge in [-0.3, -0.25) is 9.59 Å². The van der Waals surface area contributed by atoms with Gasteiger partial charge < -0.3 is 20.1 Å². The highest BCUT2D eigenvalue weighted by Gasteiger charge is 2.46. The third-order valence-corrected chi connectivity index (χ3v) is 8.62. The highest BCUT2D eigenvalue weighted by atomic mass is 35.5. The summed E-state index contributed by atoms with van der Waals surface area (Å²) in [7, 11) is 1.96. The second kappa shape index (κ2) is 13.6. The number of esters is 1. The smallest absolute Gasteiger partial charge is 0.327 e. The number of carbonyl (C=O) groups is 2. The first kappa shape index (κ1) is 30.2. The molecule has 1 aliphatic carbocycles. The third kappa shape index (κ3) is 7.20. The maximum atomic E-state index is 13.2. The van der Waals surface area contributed by atoms with Crippen molar-refractivity contribution in [2.75, 3.05) is 32.1 Å². The van der Waals surface area contributed by atoms with Crippen LogP contribution < -0.4 is 5.32 Å². The Hall–Kier alpha value is -2.33. The van der Waals surface area contributed by atoms with Crippen LogP contribution in [0.4, 0.5) is 11.4 Å². The van der Waals surface area contributed by atoms with Crippen LogP contribution in [0.5, 0.6) is 0 Å². The van der Waals surface area contributed by atoms with E-state index in [4.69, 9.17) is 27.9 Å². The Morgan fingerprint density at radius 1 is 1.13 bits per heavy atom. The minimum Gasteiger partial charge on any atom is -0.480 e. The molecular weight excluding hydrogens is 549 g/mol. The minimum absolute atomic E-state index is 0.0596. The number of aliphatic carboxylic acids is 1. The van der Waals surface area contributed by atoms with Crippen LogP contribution in [-0.2, 0) is 19.7 Å². The summed E-state index contributed by atoms with van der Waals surface area (Å²) >= 11 is 13.7. The summed E-state index contributed by atoms with van der Waals surface area (Å²) in [5.41, 5.74) is -0.959. The number of carbonyl (C=O) groups excluding carboxylic acids is 1. The number of nitrogens with one attached hydrogen (secondary N) is 1.